The Labute approximate surface area is 142 Å². The molecule has 1 heterocycles. The molecule has 0 radical (unpaired) electrons. The van der Waals surface area contributed by atoms with Gasteiger partial charge >= 0.3 is 12.1 Å². The lowest BCUT2D eigenvalue weighted by Crippen LogP contribution is -2.44. The van der Waals surface area contributed by atoms with Crippen LogP contribution < -0.4 is 10.1 Å². The number of carbonyl (C=O) groups is 2. The van der Waals surface area contributed by atoms with Gasteiger partial charge in [-0.25, -0.2) is 4.98 Å². The zero-order valence-corrected chi connectivity index (χ0v) is 13.4. The average molecular weight is 360 g/mol. The summed E-state index contributed by atoms with van der Waals surface area (Å²) in [5, 5.41) is 12.0. The molecule has 0 aliphatic heterocycles. The molecule has 0 unspecified atom stereocenters. The maximum absolute atomic E-state index is 12.2. The second-order valence-corrected chi connectivity index (χ2v) is 6.12. The third-order valence-electron chi connectivity index (χ3n) is 4.23. The first-order valence-electron chi connectivity index (χ1n) is 7.89. The highest BCUT2D eigenvalue weighted by Gasteiger charge is 2.39. The van der Waals surface area contributed by atoms with Crippen LogP contribution in [0.15, 0.2) is 18.3 Å². The van der Waals surface area contributed by atoms with E-state index in [1.54, 1.807) is 0 Å². The van der Waals surface area contributed by atoms with Gasteiger partial charge in [0.25, 0.3) is 5.91 Å². The van der Waals surface area contributed by atoms with Crippen molar-refractivity contribution < 1.29 is 32.6 Å². The highest BCUT2D eigenvalue weighted by atomic mass is 19.4. The maximum Gasteiger partial charge on any atom is 0.422 e. The van der Waals surface area contributed by atoms with E-state index in [2.05, 4.69) is 15.0 Å². The van der Waals surface area contributed by atoms with E-state index in [9.17, 15) is 27.9 Å². The number of nitrogens with zero attached hydrogens (tertiary/aromatic N) is 1. The van der Waals surface area contributed by atoms with Crippen molar-refractivity contribution in [3.63, 3.8) is 0 Å². The molecule has 1 aliphatic rings. The molecule has 25 heavy (non-hydrogen) atoms. The quantitative estimate of drug-likeness (QED) is 0.814. The minimum Gasteiger partial charge on any atom is -0.481 e. The number of carbonyl (C=O) groups excluding carboxylic acids is 1. The fourth-order valence-electron chi connectivity index (χ4n) is 2.83. The van der Waals surface area contributed by atoms with Crippen LogP contribution in [0.25, 0.3) is 0 Å². The standard InChI is InChI=1S/C16H19F3N2O4/c17-16(18,19)10-25-12-8-11(4-7-20-12)13(22)21-9-15(14(23)24)5-2-1-3-6-15/h4,7-8H,1-3,5-6,9-10H2,(H,21,22)(H,23,24). The van der Waals surface area contributed by atoms with Crippen LogP contribution in [0.1, 0.15) is 42.5 Å². The van der Waals surface area contributed by atoms with Gasteiger partial charge in [-0.05, 0) is 18.9 Å². The number of pyridine rings is 1. The Morgan fingerprint density at radius 1 is 1.28 bits per heavy atom. The average Bonchev–Trinajstić information content (AvgIpc) is 2.58. The molecule has 6 nitrogen and oxygen atoms in total. The van der Waals surface area contributed by atoms with Gasteiger partial charge in [0.1, 0.15) is 0 Å². The number of rotatable bonds is 6. The Kier molecular flexibility index (Phi) is 5.86. The van der Waals surface area contributed by atoms with Crippen molar-refractivity contribution in [2.24, 2.45) is 5.41 Å². The van der Waals surface area contributed by atoms with E-state index in [4.69, 9.17) is 0 Å². The lowest BCUT2D eigenvalue weighted by Gasteiger charge is -2.33. The smallest absolute Gasteiger partial charge is 0.422 e. The van der Waals surface area contributed by atoms with Gasteiger partial charge in [-0.3, -0.25) is 9.59 Å². The summed E-state index contributed by atoms with van der Waals surface area (Å²) in [7, 11) is 0. The molecule has 2 rings (SSSR count). The molecule has 0 spiro atoms. The summed E-state index contributed by atoms with van der Waals surface area (Å²) >= 11 is 0. The van der Waals surface area contributed by atoms with Crippen LogP contribution in [0.3, 0.4) is 0 Å². The van der Waals surface area contributed by atoms with E-state index in [1.165, 1.54) is 6.07 Å². The fraction of sp³-hybridized carbons (Fsp3) is 0.562. The predicted molar refractivity (Wildman–Crippen MR) is 81.3 cm³/mol. The second kappa shape index (κ2) is 7.71. The number of amides is 1. The zero-order chi connectivity index (χ0) is 18.5. The summed E-state index contributed by atoms with van der Waals surface area (Å²) in [6, 6.07) is 2.42. The fourth-order valence-corrected chi connectivity index (χ4v) is 2.83. The number of alkyl halides is 3. The normalized spacial score (nSPS) is 16.9. The number of carboxylic acid groups (broad SMARTS) is 1. The van der Waals surface area contributed by atoms with Crippen molar-refractivity contribution in [1.82, 2.24) is 10.3 Å². The second-order valence-electron chi connectivity index (χ2n) is 6.12. The van der Waals surface area contributed by atoms with E-state index in [-0.39, 0.29) is 18.0 Å². The third kappa shape index (κ3) is 5.33. The van der Waals surface area contributed by atoms with Gasteiger partial charge in [-0.2, -0.15) is 13.2 Å². The van der Waals surface area contributed by atoms with Crippen molar-refractivity contribution in [3.05, 3.63) is 23.9 Å². The molecule has 0 bridgehead atoms. The number of halogens is 3. The van der Waals surface area contributed by atoms with E-state index < -0.39 is 30.1 Å². The van der Waals surface area contributed by atoms with Gasteiger partial charge in [0.05, 0.1) is 5.41 Å². The van der Waals surface area contributed by atoms with Gasteiger partial charge in [0, 0.05) is 24.4 Å². The number of ether oxygens (including phenoxy) is 1. The third-order valence-corrected chi connectivity index (χ3v) is 4.23. The first-order valence-corrected chi connectivity index (χ1v) is 7.89. The Morgan fingerprint density at radius 2 is 1.96 bits per heavy atom. The number of aliphatic carboxylic acids is 1. The van der Waals surface area contributed by atoms with Crippen LogP contribution in [0.4, 0.5) is 13.2 Å². The van der Waals surface area contributed by atoms with Gasteiger partial charge in [-0.1, -0.05) is 19.3 Å². The van der Waals surface area contributed by atoms with Crippen molar-refractivity contribution in [1.29, 1.82) is 0 Å². The SMILES string of the molecule is O=C(NCC1(C(=O)O)CCCCC1)c1ccnc(OCC(F)(F)F)c1. The number of hydrogen-bond acceptors (Lipinski definition) is 4. The van der Waals surface area contributed by atoms with E-state index in [0.29, 0.717) is 12.8 Å². The van der Waals surface area contributed by atoms with E-state index in [1.807, 2.05) is 0 Å². The minimum absolute atomic E-state index is 0.0256. The number of carboxylic acids is 1. The summed E-state index contributed by atoms with van der Waals surface area (Å²) in [4.78, 5) is 27.4. The summed E-state index contributed by atoms with van der Waals surface area (Å²) in [5.41, 5.74) is -0.931. The predicted octanol–water partition coefficient (Wildman–Crippen LogP) is 2.79. The topological polar surface area (TPSA) is 88.5 Å². The molecular formula is C16H19F3N2O4. The number of aromatic nitrogens is 1. The lowest BCUT2D eigenvalue weighted by atomic mass is 9.74. The highest BCUT2D eigenvalue weighted by Crippen LogP contribution is 2.36. The molecule has 9 heteroatoms. The van der Waals surface area contributed by atoms with Crippen molar-refractivity contribution >= 4 is 11.9 Å². The van der Waals surface area contributed by atoms with Gasteiger partial charge in [-0.15, -0.1) is 0 Å². The monoisotopic (exact) mass is 360 g/mol. The molecule has 1 aliphatic carbocycles. The Bertz CT molecular complexity index is 628. The number of hydrogen-bond donors (Lipinski definition) is 2. The largest absolute Gasteiger partial charge is 0.481 e. The molecule has 0 atom stereocenters. The molecular weight excluding hydrogens is 341 g/mol. The Hall–Kier alpha value is -2.32. The summed E-state index contributed by atoms with van der Waals surface area (Å²) < 4.78 is 41.0. The lowest BCUT2D eigenvalue weighted by molar-refractivity contribution is -0.154. The van der Waals surface area contributed by atoms with Crippen molar-refractivity contribution in [3.8, 4) is 5.88 Å². The zero-order valence-electron chi connectivity index (χ0n) is 13.4. The summed E-state index contributed by atoms with van der Waals surface area (Å²) in [6.45, 7) is -1.53. The van der Waals surface area contributed by atoms with Crippen LogP contribution in [0.2, 0.25) is 0 Å². The summed E-state index contributed by atoms with van der Waals surface area (Å²) in [5.74, 6) is -1.85. The molecule has 138 valence electrons. The molecule has 0 saturated heterocycles. The molecule has 1 amide bonds. The van der Waals surface area contributed by atoms with Crippen LogP contribution in [0.5, 0.6) is 5.88 Å². The molecule has 0 aromatic carbocycles. The number of nitrogens with one attached hydrogen (secondary N) is 1. The van der Waals surface area contributed by atoms with E-state index >= 15 is 0 Å². The van der Waals surface area contributed by atoms with Gasteiger partial charge < -0.3 is 15.2 Å². The first kappa shape index (κ1) is 19.0. The molecule has 2 N–H and O–H groups in total. The minimum atomic E-state index is -4.51. The highest BCUT2D eigenvalue weighted by molar-refractivity contribution is 5.94. The van der Waals surface area contributed by atoms with Gasteiger partial charge in [0.2, 0.25) is 5.88 Å². The molecule has 1 saturated carbocycles. The van der Waals surface area contributed by atoms with Crippen molar-refractivity contribution in [2.45, 2.75) is 38.3 Å². The molecule has 1 aromatic rings. The Balaban J connectivity index is 1.99. The maximum atomic E-state index is 12.2. The van der Waals surface area contributed by atoms with Gasteiger partial charge in [0.15, 0.2) is 6.61 Å². The first-order chi connectivity index (χ1) is 11.7. The van der Waals surface area contributed by atoms with E-state index in [0.717, 1.165) is 31.5 Å². The van der Waals surface area contributed by atoms with Crippen molar-refractivity contribution in [2.75, 3.05) is 13.2 Å². The molecule has 1 fully saturated rings. The summed E-state index contributed by atoms with van der Waals surface area (Å²) in [6.07, 6.45) is 0.160. The Morgan fingerprint density at radius 3 is 2.56 bits per heavy atom. The van der Waals surface area contributed by atoms with Crippen LogP contribution >= 0.6 is 0 Å². The molecule has 1 aromatic heterocycles. The van der Waals surface area contributed by atoms with Crippen LogP contribution in [0, 0.1) is 5.41 Å². The van der Waals surface area contributed by atoms with Crippen LogP contribution in [-0.2, 0) is 4.79 Å². The van der Waals surface area contributed by atoms with Crippen LogP contribution in [-0.4, -0.2) is 41.3 Å².